The molecule has 1 heterocycles. The Balaban J connectivity index is 0.00000288. The first-order chi connectivity index (χ1) is 11.1. The molecule has 2 N–H and O–H groups in total. The Hall–Kier alpha value is -0.850. The van der Waals surface area contributed by atoms with Gasteiger partial charge in [0.25, 0.3) is 0 Å². The molecule has 1 aromatic rings. The van der Waals surface area contributed by atoms with Crippen LogP contribution in [0.3, 0.4) is 0 Å². The third-order valence-electron chi connectivity index (χ3n) is 5.43. The molecule has 0 aromatic carbocycles. The minimum absolute atomic E-state index is 0. The number of aromatic nitrogens is 1. The van der Waals surface area contributed by atoms with Gasteiger partial charge in [0.2, 0.25) is 0 Å². The van der Waals surface area contributed by atoms with Crippen LogP contribution in [0.2, 0.25) is 0 Å². The van der Waals surface area contributed by atoms with Crippen LogP contribution >= 0.6 is 24.0 Å². The van der Waals surface area contributed by atoms with Crippen LogP contribution in [0.15, 0.2) is 29.5 Å². The van der Waals surface area contributed by atoms with E-state index >= 15 is 0 Å². The fraction of sp³-hybridized carbons (Fsp3) is 0.684. The van der Waals surface area contributed by atoms with E-state index in [9.17, 15) is 0 Å². The fourth-order valence-electron chi connectivity index (χ4n) is 3.36. The zero-order valence-electron chi connectivity index (χ0n) is 15.5. The molecule has 2 rings (SSSR count). The lowest BCUT2D eigenvalue weighted by Gasteiger charge is -2.41. The monoisotopic (exact) mass is 444 g/mol. The van der Waals surface area contributed by atoms with Crippen LogP contribution in [0.1, 0.15) is 57.9 Å². The number of rotatable bonds is 7. The smallest absolute Gasteiger partial charge is 0.191 e. The molecule has 24 heavy (non-hydrogen) atoms. The Morgan fingerprint density at radius 2 is 2.08 bits per heavy atom. The molecular weight excluding hydrogens is 411 g/mol. The second-order valence-electron chi connectivity index (χ2n) is 7.15. The highest BCUT2D eigenvalue weighted by atomic mass is 127. The van der Waals surface area contributed by atoms with Crippen molar-refractivity contribution in [1.82, 2.24) is 15.6 Å². The Morgan fingerprint density at radius 1 is 1.33 bits per heavy atom. The first kappa shape index (κ1) is 21.2. The molecular formula is C19H33IN4. The zero-order chi connectivity index (χ0) is 16.7. The fourth-order valence-corrected chi connectivity index (χ4v) is 3.36. The molecule has 1 unspecified atom stereocenters. The van der Waals surface area contributed by atoms with Gasteiger partial charge in [-0.3, -0.25) is 9.98 Å². The van der Waals surface area contributed by atoms with Crippen LogP contribution in [0, 0.1) is 11.3 Å². The lowest BCUT2D eigenvalue weighted by Crippen LogP contribution is -2.47. The van der Waals surface area contributed by atoms with Crippen molar-refractivity contribution < 1.29 is 0 Å². The predicted octanol–water partition coefficient (Wildman–Crippen LogP) is 4.18. The Bertz CT molecular complexity index is 492. The zero-order valence-corrected chi connectivity index (χ0v) is 17.8. The summed E-state index contributed by atoms with van der Waals surface area (Å²) < 4.78 is 0. The Morgan fingerprint density at radius 3 is 2.54 bits per heavy atom. The third-order valence-corrected chi connectivity index (χ3v) is 5.43. The number of aliphatic imine (C=N–C) groups is 1. The van der Waals surface area contributed by atoms with Gasteiger partial charge in [0, 0.05) is 38.4 Å². The summed E-state index contributed by atoms with van der Waals surface area (Å²) in [6.45, 7) is 8.73. The van der Waals surface area contributed by atoms with E-state index < -0.39 is 0 Å². The number of nitrogens with zero attached hydrogens (tertiary/aromatic N) is 2. The minimum atomic E-state index is 0. The van der Waals surface area contributed by atoms with Gasteiger partial charge in [-0.15, -0.1) is 24.0 Å². The quantitative estimate of drug-likeness (QED) is 0.377. The van der Waals surface area contributed by atoms with Crippen LogP contribution in [-0.2, 0) is 0 Å². The summed E-state index contributed by atoms with van der Waals surface area (Å²) in [6, 6.07) is 4.18. The molecule has 0 bridgehead atoms. The van der Waals surface area contributed by atoms with E-state index in [4.69, 9.17) is 0 Å². The predicted molar refractivity (Wildman–Crippen MR) is 113 cm³/mol. The average Bonchev–Trinajstić information content (AvgIpc) is 2.53. The molecule has 1 aliphatic carbocycles. The van der Waals surface area contributed by atoms with Crippen LogP contribution in [0.25, 0.3) is 0 Å². The number of nitrogens with one attached hydrogen (secondary N) is 2. The van der Waals surface area contributed by atoms with Crippen molar-refractivity contribution in [3.63, 3.8) is 0 Å². The number of halogens is 1. The van der Waals surface area contributed by atoms with E-state index in [1.165, 1.54) is 31.2 Å². The SMILES string of the molecule is CCC1(CNC(=NC)NCC(c2cccnc2)C(C)C)CCC1.I. The van der Waals surface area contributed by atoms with Gasteiger partial charge in [0.1, 0.15) is 0 Å². The molecule has 0 spiro atoms. The molecule has 1 fully saturated rings. The van der Waals surface area contributed by atoms with Gasteiger partial charge in [0.15, 0.2) is 5.96 Å². The second kappa shape index (κ2) is 10.2. The van der Waals surface area contributed by atoms with Gasteiger partial charge >= 0.3 is 0 Å². The standard InChI is InChI=1S/C19H32N4.HI/c1-5-19(9-7-10-19)14-23-18(20-4)22-13-17(15(2)3)16-8-6-11-21-12-16;/h6,8,11-12,15,17H,5,7,9-10,13-14H2,1-4H3,(H2,20,22,23);1H. The average molecular weight is 444 g/mol. The highest BCUT2D eigenvalue weighted by Crippen LogP contribution is 2.42. The van der Waals surface area contributed by atoms with Gasteiger partial charge in [0.05, 0.1) is 0 Å². The van der Waals surface area contributed by atoms with Crippen molar-refractivity contribution in [3.8, 4) is 0 Å². The van der Waals surface area contributed by atoms with Crippen molar-refractivity contribution in [2.75, 3.05) is 20.1 Å². The second-order valence-corrected chi connectivity index (χ2v) is 7.15. The van der Waals surface area contributed by atoms with E-state index in [1.54, 1.807) is 0 Å². The summed E-state index contributed by atoms with van der Waals surface area (Å²) in [4.78, 5) is 8.65. The van der Waals surface area contributed by atoms with Gasteiger partial charge in [-0.05, 0) is 42.2 Å². The Kier molecular flexibility index (Phi) is 9.02. The maximum Gasteiger partial charge on any atom is 0.191 e. The van der Waals surface area contributed by atoms with Crippen LogP contribution in [0.4, 0.5) is 0 Å². The molecule has 1 aromatic heterocycles. The van der Waals surface area contributed by atoms with E-state index in [2.05, 4.69) is 47.4 Å². The minimum Gasteiger partial charge on any atom is -0.356 e. The Labute approximate surface area is 164 Å². The van der Waals surface area contributed by atoms with Gasteiger partial charge in [-0.1, -0.05) is 33.3 Å². The maximum absolute atomic E-state index is 4.39. The third kappa shape index (κ3) is 5.60. The highest BCUT2D eigenvalue weighted by molar-refractivity contribution is 14.0. The summed E-state index contributed by atoms with van der Waals surface area (Å²) in [5, 5.41) is 7.04. The molecule has 1 saturated carbocycles. The summed E-state index contributed by atoms with van der Waals surface area (Å²) in [6.07, 6.45) is 9.12. The topological polar surface area (TPSA) is 49.3 Å². The summed E-state index contributed by atoms with van der Waals surface area (Å²) in [5.74, 6) is 1.91. The van der Waals surface area contributed by atoms with Crippen molar-refractivity contribution in [1.29, 1.82) is 0 Å². The maximum atomic E-state index is 4.39. The van der Waals surface area contributed by atoms with Crippen LogP contribution in [-0.4, -0.2) is 31.1 Å². The van der Waals surface area contributed by atoms with E-state index in [0.717, 1.165) is 19.0 Å². The molecule has 1 aliphatic rings. The first-order valence-corrected chi connectivity index (χ1v) is 8.94. The molecule has 1 atom stereocenters. The highest BCUT2D eigenvalue weighted by Gasteiger charge is 2.34. The van der Waals surface area contributed by atoms with Crippen molar-refractivity contribution >= 4 is 29.9 Å². The lowest BCUT2D eigenvalue weighted by atomic mass is 9.67. The van der Waals surface area contributed by atoms with Crippen molar-refractivity contribution in [2.45, 2.75) is 52.4 Å². The molecule has 0 saturated heterocycles. The van der Waals surface area contributed by atoms with E-state index in [1.807, 2.05) is 25.5 Å². The summed E-state index contributed by atoms with van der Waals surface area (Å²) in [5.41, 5.74) is 1.78. The van der Waals surface area contributed by atoms with Gasteiger partial charge < -0.3 is 10.6 Å². The molecule has 0 radical (unpaired) electrons. The molecule has 0 aliphatic heterocycles. The van der Waals surface area contributed by atoms with E-state index in [0.29, 0.717) is 17.3 Å². The van der Waals surface area contributed by atoms with Crippen LogP contribution in [0.5, 0.6) is 0 Å². The van der Waals surface area contributed by atoms with Gasteiger partial charge in [-0.2, -0.15) is 0 Å². The lowest BCUT2D eigenvalue weighted by molar-refractivity contribution is 0.131. The molecule has 136 valence electrons. The van der Waals surface area contributed by atoms with Gasteiger partial charge in [-0.25, -0.2) is 0 Å². The summed E-state index contributed by atoms with van der Waals surface area (Å²) >= 11 is 0. The number of pyridine rings is 1. The number of hydrogen-bond acceptors (Lipinski definition) is 2. The number of hydrogen-bond donors (Lipinski definition) is 2. The van der Waals surface area contributed by atoms with Crippen molar-refractivity contribution in [2.24, 2.45) is 16.3 Å². The molecule has 5 heteroatoms. The van der Waals surface area contributed by atoms with E-state index in [-0.39, 0.29) is 24.0 Å². The first-order valence-electron chi connectivity index (χ1n) is 8.94. The number of guanidine groups is 1. The molecule has 4 nitrogen and oxygen atoms in total. The molecule has 0 amide bonds. The van der Waals surface area contributed by atoms with Crippen molar-refractivity contribution in [3.05, 3.63) is 30.1 Å². The summed E-state index contributed by atoms with van der Waals surface area (Å²) in [7, 11) is 1.85. The normalized spacial score (nSPS) is 17.6. The van der Waals surface area contributed by atoms with Crippen LogP contribution < -0.4 is 10.6 Å². The largest absolute Gasteiger partial charge is 0.356 e.